The van der Waals surface area contributed by atoms with Gasteiger partial charge in [0.2, 0.25) is 0 Å². The third kappa shape index (κ3) is 0.917. The van der Waals surface area contributed by atoms with Crippen LogP contribution < -0.4 is 0 Å². The van der Waals surface area contributed by atoms with Crippen molar-refractivity contribution in [1.82, 2.24) is 4.90 Å². The molecule has 0 saturated heterocycles. The van der Waals surface area contributed by atoms with Gasteiger partial charge in [-0.3, -0.25) is 0 Å². The number of rotatable bonds is 0. The van der Waals surface area contributed by atoms with Gasteiger partial charge in [-0.05, 0) is 12.0 Å². The van der Waals surface area contributed by atoms with Crippen LogP contribution in [0.25, 0.3) is 0 Å². The van der Waals surface area contributed by atoms with Crippen molar-refractivity contribution in [3.05, 3.63) is 36.2 Å². The maximum Gasteiger partial charge on any atom is 0.0249 e. The van der Waals surface area contributed by atoms with E-state index in [1.807, 2.05) is 0 Å². The quantitative estimate of drug-likeness (QED) is 0.507. The first kappa shape index (κ1) is 6.71. The molecule has 1 aliphatic carbocycles. The van der Waals surface area contributed by atoms with E-state index in [9.17, 15) is 0 Å². The standard InChI is InChI=1S/C10H13N/c1-8-4-3-5-10-9(8)6-7-11(10)2/h3-9H,1-2H3. The zero-order valence-electron chi connectivity index (χ0n) is 6.99. The Hall–Kier alpha value is -0.980. The molecule has 58 valence electrons. The van der Waals surface area contributed by atoms with Gasteiger partial charge in [-0.25, -0.2) is 0 Å². The molecule has 0 radical (unpaired) electrons. The van der Waals surface area contributed by atoms with Gasteiger partial charge in [-0.2, -0.15) is 0 Å². The fourth-order valence-corrected chi connectivity index (χ4v) is 1.76. The summed E-state index contributed by atoms with van der Waals surface area (Å²) in [6, 6.07) is 0. The topological polar surface area (TPSA) is 3.24 Å². The molecule has 2 aliphatic rings. The second-order valence-electron chi connectivity index (χ2n) is 3.31. The van der Waals surface area contributed by atoms with Crippen LogP contribution in [-0.4, -0.2) is 11.9 Å². The first-order valence-corrected chi connectivity index (χ1v) is 4.08. The van der Waals surface area contributed by atoms with Gasteiger partial charge < -0.3 is 4.90 Å². The van der Waals surface area contributed by atoms with Gasteiger partial charge >= 0.3 is 0 Å². The molecule has 0 aromatic heterocycles. The average molecular weight is 147 g/mol. The third-order valence-corrected chi connectivity index (χ3v) is 2.51. The summed E-state index contributed by atoms with van der Waals surface area (Å²) in [6.07, 6.45) is 11.0. The molecule has 0 aromatic rings. The summed E-state index contributed by atoms with van der Waals surface area (Å²) in [5, 5.41) is 0. The van der Waals surface area contributed by atoms with Crippen LogP contribution in [0.2, 0.25) is 0 Å². The molecule has 1 heteroatoms. The molecule has 0 amide bonds. The van der Waals surface area contributed by atoms with Crippen molar-refractivity contribution in [3.63, 3.8) is 0 Å². The van der Waals surface area contributed by atoms with Gasteiger partial charge in [0.05, 0.1) is 0 Å². The molecule has 2 atom stereocenters. The normalized spacial score (nSPS) is 34.0. The second kappa shape index (κ2) is 2.26. The number of allylic oxidation sites excluding steroid dienone is 4. The summed E-state index contributed by atoms with van der Waals surface area (Å²) in [5.74, 6) is 1.29. The highest BCUT2D eigenvalue weighted by molar-refractivity contribution is 5.30. The van der Waals surface area contributed by atoms with E-state index in [-0.39, 0.29) is 0 Å². The van der Waals surface area contributed by atoms with Crippen LogP contribution in [0.15, 0.2) is 36.2 Å². The molecule has 2 unspecified atom stereocenters. The van der Waals surface area contributed by atoms with Crippen molar-refractivity contribution in [1.29, 1.82) is 0 Å². The van der Waals surface area contributed by atoms with Crippen LogP contribution in [0, 0.1) is 11.8 Å². The maximum absolute atomic E-state index is 2.28. The predicted molar refractivity (Wildman–Crippen MR) is 46.8 cm³/mol. The minimum absolute atomic E-state index is 0.630. The van der Waals surface area contributed by atoms with E-state index in [2.05, 4.69) is 49.4 Å². The summed E-state index contributed by atoms with van der Waals surface area (Å²) in [4.78, 5) is 2.20. The van der Waals surface area contributed by atoms with Gasteiger partial charge in [0.15, 0.2) is 0 Å². The highest BCUT2D eigenvalue weighted by Crippen LogP contribution is 2.33. The Morgan fingerprint density at radius 1 is 1.36 bits per heavy atom. The molecule has 1 nitrogen and oxygen atoms in total. The van der Waals surface area contributed by atoms with E-state index >= 15 is 0 Å². The fraction of sp³-hybridized carbons (Fsp3) is 0.400. The van der Waals surface area contributed by atoms with Crippen molar-refractivity contribution < 1.29 is 0 Å². The first-order chi connectivity index (χ1) is 5.29. The van der Waals surface area contributed by atoms with Gasteiger partial charge in [-0.1, -0.05) is 25.2 Å². The number of hydrogen-bond acceptors (Lipinski definition) is 1. The minimum atomic E-state index is 0.630. The Kier molecular flexibility index (Phi) is 1.38. The smallest absolute Gasteiger partial charge is 0.0249 e. The van der Waals surface area contributed by atoms with Crippen LogP contribution >= 0.6 is 0 Å². The average Bonchev–Trinajstić information content (AvgIpc) is 2.35. The molecule has 1 aliphatic heterocycles. The summed E-state index contributed by atoms with van der Waals surface area (Å²) in [7, 11) is 2.11. The SMILES string of the molecule is CC1C=CC=C2C1C=CN2C. The van der Waals surface area contributed by atoms with E-state index in [1.54, 1.807) is 0 Å². The molecule has 0 fully saturated rings. The van der Waals surface area contributed by atoms with E-state index in [0.717, 1.165) is 0 Å². The lowest BCUT2D eigenvalue weighted by atomic mass is 9.88. The number of fused-ring (bicyclic) bond motifs is 1. The second-order valence-corrected chi connectivity index (χ2v) is 3.31. The molecule has 1 heterocycles. The Labute approximate surface area is 67.7 Å². The maximum atomic E-state index is 2.28. The van der Waals surface area contributed by atoms with Gasteiger partial charge in [0.25, 0.3) is 0 Å². The summed E-state index contributed by atoms with van der Waals surface area (Å²) in [6.45, 7) is 2.26. The Morgan fingerprint density at radius 3 is 2.91 bits per heavy atom. The molecule has 11 heavy (non-hydrogen) atoms. The van der Waals surface area contributed by atoms with Crippen LogP contribution in [-0.2, 0) is 0 Å². The van der Waals surface area contributed by atoms with E-state index in [0.29, 0.717) is 11.8 Å². The summed E-state index contributed by atoms with van der Waals surface area (Å²) in [5.41, 5.74) is 1.43. The third-order valence-electron chi connectivity index (χ3n) is 2.51. The van der Waals surface area contributed by atoms with Crippen LogP contribution in [0.3, 0.4) is 0 Å². The van der Waals surface area contributed by atoms with Gasteiger partial charge in [0, 0.05) is 24.9 Å². The monoisotopic (exact) mass is 147 g/mol. The van der Waals surface area contributed by atoms with Gasteiger partial charge in [-0.15, -0.1) is 0 Å². The predicted octanol–water partition coefficient (Wildman–Crippen LogP) is 2.15. The lowest BCUT2D eigenvalue weighted by Crippen LogP contribution is -2.16. The van der Waals surface area contributed by atoms with Crippen molar-refractivity contribution in [2.45, 2.75) is 6.92 Å². The molecule has 0 spiro atoms. The number of nitrogens with zero attached hydrogens (tertiary/aromatic N) is 1. The van der Waals surface area contributed by atoms with Crippen molar-refractivity contribution in [2.24, 2.45) is 11.8 Å². The molecule has 0 aromatic carbocycles. The molecular formula is C10H13N. The lowest BCUT2D eigenvalue weighted by molar-refractivity contribution is 0.478. The van der Waals surface area contributed by atoms with Crippen molar-refractivity contribution in [2.75, 3.05) is 7.05 Å². The van der Waals surface area contributed by atoms with Gasteiger partial charge in [0.1, 0.15) is 0 Å². The highest BCUT2D eigenvalue weighted by Gasteiger charge is 2.25. The fourth-order valence-electron chi connectivity index (χ4n) is 1.76. The Bertz CT molecular complexity index is 248. The Morgan fingerprint density at radius 2 is 2.18 bits per heavy atom. The zero-order valence-corrected chi connectivity index (χ0v) is 6.99. The zero-order chi connectivity index (χ0) is 7.84. The Balaban J connectivity index is 2.33. The summed E-state index contributed by atoms with van der Waals surface area (Å²) >= 11 is 0. The van der Waals surface area contributed by atoms with E-state index in [1.165, 1.54) is 5.70 Å². The van der Waals surface area contributed by atoms with E-state index in [4.69, 9.17) is 0 Å². The van der Waals surface area contributed by atoms with Crippen molar-refractivity contribution >= 4 is 0 Å². The molecule has 0 bridgehead atoms. The summed E-state index contributed by atoms with van der Waals surface area (Å²) < 4.78 is 0. The van der Waals surface area contributed by atoms with Crippen LogP contribution in [0.4, 0.5) is 0 Å². The molecule has 0 N–H and O–H groups in total. The van der Waals surface area contributed by atoms with Crippen LogP contribution in [0.5, 0.6) is 0 Å². The molecule has 0 saturated carbocycles. The van der Waals surface area contributed by atoms with E-state index < -0.39 is 0 Å². The minimum Gasteiger partial charge on any atom is -0.354 e. The largest absolute Gasteiger partial charge is 0.354 e. The number of hydrogen-bond donors (Lipinski definition) is 0. The van der Waals surface area contributed by atoms with Crippen LogP contribution in [0.1, 0.15) is 6.92 Å². The highest BCUT2D eigenvalue weighted by atomic mass is 15.1. The molecule has 2 rings (SSSR count). The lowest BCUT2D eigenvalue weighted by Gasteiger charge is -2.23. The first-order valence-electron chi connectivity index (χ1n) is 4.08. The van der Waals surface area contributed by atoms with Crippen molar-refractivity contribution in [3.8, 4) is 0 Å². The molecular weight excluding hydrogens is 134 g/mol.